The monoisotopic (exact) mass is 432 g/mol. The van der Waals surface area contributed by atoms with Crippen LogP contribution in [0.4, 0.5) is 5.69 Å². The normalized spacial score (nSPS) is 15.2. The maximum absolute atomic E-state index is 12.6. The maximum atomic E-state index is 12.6. The maximum Gasteiger partial charge on any atom is 0.317 e. The van der Waals surface area contributed by atoms with Crippen molar-refractivity contribution in [2.24, 2.45) is 0 Å². The number of H-pyrrole nitrogens is 1. The number of carbonyl (C=O) groups is 1. The van der Waals surface area contributed by atoms with Gasteiger partial charge in [-0.25, -0.2) is 0 Å². The molecule has 7 nitrogen and oxygen atoms in total. The number of hydrogen-bond acceptors (Lipinski definition) is 4. The van der Waals surface area contributed by atoms with E-state index in [0.29, 0.717) is 29.7 Å². The zero-order chi connectivity index (χ0) is 20.5. The van der Waals surface area contributed by atoms with Crippen LogP contribution in [0.1, 0.15) is 18.0 Å². The van der Waals surface area contributed by atoms with Crippen molar-refractivity contribution in [3.8, 4) is 0 Å². The fourth-order valence-electron chi connectivity index (χ4n) is 3.61. The molecule has 0 spiro atoms. The van der Waals surface area contributed by atoms with Crippen LogP contribution in [0.15, 0.2) is 46.0 Å². The number of benzene rings is 2. The summed E-state index contributed by atoms with van der Waals surface area (Å²) in [6, 6.07) is 10.8. The first kappa shape index (κ1) is 19.5. The third-order valence-corrected chi connectivity index (χ3v) is 5.76. The topological polar surface area (TPSA) is 96.0 Å². The lowest BCUT2D eigenvalue weighted by molar-refractivity contribution is -0.121. The molecule has 1 aliphatic rings. The molecule has 2 heterocycles. The summed E-state index contributed by atoms with van der Waals surface area (Å²) in [7, 11) is 0. The Morgan fingerprint density at radius 1 is 1.21 bits per heavy atom. The first-order chi connectivity index (χ1) is 14.0. The summed E-state index contributed by atoms with van der Waals surface area (Å²) in [6.45, 7) is 0.762. The van der Waals surface area contributed by atoms with E-state index in [-0.39, 0.29) is 28.9 Å². The first-order valence-corrected chi connectivity index (χ1v) is 9.92. The molecule has 9 heteroatoms. The van der Waals surface area contributed by atoms with Crippen LogP contribution < -0.4 is 21.8 Å². The Morgan fingerprint density at radius 3 is 2.72 bits per heavy atom. The van der Waals surface area contributed by atoms with Crippen molar-refractivity contribution in [2.45, 2.75) is 18.9 Å². The highest BCUT2D eigenvalue weighted by atomic mass is 35.5. The van der Waals surface area contributed by atoms with Gasteiger partial charge in [0.05, 0.1) is 32.8 Å². The van der Waals surface area contributed by atoms with Gasteiger partial charge in [0.25, 0.3) is 0 Å². The average molecular weight is 433 g/mol. The number of amides is 1. The molecular weight excluding hydrogens is 415 g/mol. The summed E-state index contributed by atoms with van der Waals surface area (Å²) < 4.78 is 1.35. The number of aromatic amines is 1. The van der Waals surface area contributed by atoms with Gasteiger partial charge in [0, 0.05) is 19.5 Å². The third-order valence-electron chi connectivity index (χ3n) is 4.97. The van der Waals surface area contributed by atoms with Crippen LogP contribution in [0.2, 0.25) is 10.0 Å². The van der Waals surface area contributed by atoms with Crippen LogP contribution in [-0.2, 0) is 11.2 Å². The molecule has 1 aromatic heterocycles. The van der Waals surface area contributed by atoms with Crippen LogP contribution in [0.3, 0.4) is 0 Å². The van der Waals surface area contributed by atoms with Gasteiger partial charge in [-0.2, -0.15) is 0 Å². The summed E-state index contributed by atoms with van der Waals surface area (Å²) in [5, 5.41) is 6.55. The minimum Gasteiger partial charge on any atom is -0.380 e. The number of nitrogens with zero attached hydrogens (tertiary/aromatic N) is 1. The lowest BCUT2D eigenvalue weighted by Gasteiger charge is -2.29. The van der Waals surface area contributed by atoms with Gasteiger partial charge in [-0.3, -0.25) is 19.0 Å². The van der Waals surface area contributed by atoms with Gasteiger partial charge in [0.15, 0.2) is 0 Å². The minimum atomic E-state index is -0.766. The van der Waals surface area contributed by atoms with Crippen molar-refractivity contribution in [3.05, 3.63) is 72.7 Å². The quantitative estimate of drug-likeness (QED) is 0.540. The molecule has 0 aliphatic carbocycles. The fourth-order valence-corrected chi connectivity index (χ4v) is 4.02. The number of aromatic nitrogens is 2. The summed E-state index contributed by atoms with van der Waals surface area (Å²) in [5.74, 6) is -0.198. The molecule has 2 aromatic carbocycles. The summed E-state index contributed by atoms with van der Waals surface area (Å²) in [4.78, 5) is 39.7. The fraction of sp³-hybridized carbons (Fsp3) is 0.250. The highest BCUT2D eigenvalue weighted by Gasteiger charge is 2.28. The van der Waals surface area contributed by atoms with Gasteiger partial charge in [-0.05, 0) is 18.1 Å². The Morgan fingerprint density at radius 2 is 1.97 bits per heavy atom. The first-order valence-electron chi connectivity index (χ1n) is 9.16. The largest absolute Gasteiger partial charge is 0.380 e. The van der Waals surface area contributed by atoms with Crippen molar-refractivity contribution in [3.63, 3.8) is 0 Å². The highest BCUT2D eigenvalue weighted by Crippen LogP contribution is 2.39. The molecule has 3 N–H and O–H groups in total. The number of anilines is 1. The Balaban J connectivity index is 1.58. The van der Waals surface area contributed by atoms with E-state index < -0.39 is 17.2 Å². The Bertz CT molecular complexity index is 1200. The minimum absolute atomic E-state index is 0.0555. The van der Waals surface area contributed by atoms with Crippen LogP contribution in [-0.4, -0.2) is 28.5 Å². The van der Waals surface area contributed by atoms with Crippen molar-refractivity contribution in [2.75, 3.05) is 18.4 Å². The van der Waals surface area contributed by atoms with Crippen LogP contribution >= 0.6 is 23.2 Å². The smallest absolute Gasteiger partial charge is 0.317 e. The SMILES string of the molecule is O=C(CC1CNc2c(Cl)c(Cl)cc3[nH]c(=O)c(=O)n1c23)NCCc1ccccc1. The Hall–Kier alpha value is -2.77. The van der Waals surface area contributed by atoms with E-state index >= 15 is 0 Å². The van der Waals surface area contributed by atoms with Crippen LogP contribution in [0.5, 0.6) is 0 Å². The van der Waals surface area contributed by atoms with Gasteiger partial charge in [0.2, 0.25) is 5.91 Å². The predicted octanol–water partition coefficient (Wildman–Crippen LogP) is 2.71. The van der Waals surface area contributed by atoms with Gasteiger partial charge in [-0.15, -0.1) is 0 Å². The molecule has 1 atom stereocenters. The molecule has 3 aromatic rings. The zero-order valence-electron chi connectivity index (χ0n) is 15.3. The van der Waals surface area contributed by atoms with Crippen LogP contribution in [0.25, 0.3) is 11.0 Å². The second kappa shape index (κ2) is 7.93. The second-order valence-electron chi connectivity index (χ2n) is 6.90. The van der Waals surface area contributed by atoms with Crippen molar-refractivity contribution < 1.29 is 4.79 Å². The van der Waals surface area contributed by atoms with Crippen molar-refractivity contribution in [1.82, 2.24) is 14.9 Å². The molecule has 0 fully saturated rings. The second-order valence-corrected chi connectivity index (χ2v) is 7.68. The zero-order valence-corrected chi connectivity index (χ0v) is 16.8. The predicted molar refractivity (Wildman–Crippen MR) is 114 cm³/mol. The molecule has 1 unspecified atom stereocenters. The third kappa shape index (κ3) is 3.75. The number of carbonyl (C=O) groups excluding carboxylic acids is 1. The van der Waals surface area contributed by atoms with E-state index in [9.17, 15) is 14.4 Å². The van der Waals surface area contributed by atoms with E-state index in [4.69, 9.17) is 23.2 Å². The number of halogens is 2. The molecule has 150 valence electrons. The molecule has 1 aliphatic heterocycles. The lowest BCUT2D eigenvalue weighted by Crippen LogP contribution is -2.43. The molecule has 0 saturated heterocycles. The summed E-state index contributed by atoms with van der Waals surface area (Å²) >= 11 is 12.4. The Labute approximate surface area is 175 Å². The molecular formula is C20H18Cl2N4O3. The standard InChI is InChI=1S/C20H18Cl2N4O3/c21-13-9-14-18-17(16(13)22)24-10-12(26(18)20(29)19(28)25-14)8-15(27)23-7-6-11-4-2-1-3-5-11/h1-5,9,12,24H,6-8,10H2,(H,23,27)(H,25,28). The molecule has 1 amide bonds. The van der Waals surface area contributed by atoms with E-state index in [1.165, 1.54) is 10.6 Å². The van der Waals surface area contributed by atoms with Gasteiger partial charge in [0.1, 0.15) is 0 Å². The highest BCUT2D eigenvalue weighted by molar-refractivity contribution is 6.45. The molecule has 0 saturated carbocycles. The summed E-state index contributed by atoms with van der Waals surface area (Å²) in [5.41, 5.74) is 0.945. The van der Waals surface area contributed by atoms with Gasteiger partial charge in [-0.1, -0.05) is 53.5 Å². The van der Waals surface area contributed by atoms with Crippen LogP contribution in [0, 0.1) is 0 Å². The average Bonchev–Trinajstić information content (AvgIpc) is 2.71. The Kier molecular flexibility index (Phi) is 5.34. The molecule has 0 bridgehead atoms. The van der Waals surface area contributed by atoms with Crippen molar-refractivity contribution >= 4 is 45.8 Å². The number of nitrogens with one attached hydrogen (secondary N) is 3. The van der Waals surface area contributed by atoms with Gasteiger partial charge >= 0.3 is 11.1 Å². The lowest BCUT2D eigenvalue weighted by atomic mass is 10.1. The molecule has 29 heavy (non-hydrogen) atoms. The van der Waals surface area contributed by atoms with Crippen molar-refractivity contribution in [1.29, 1.82) is 0 Å². The molecule has 0 radical (unpaired) electrons. The van der Waals surface area contributed by atoms with E-state index in [2.05, 4.69) is 15.6 Å². The molecule has 4 rings (SSSR count). The van der Waals surface area contributed by atoms with E-state index in [0.717, 1.165) is 5.56 Å². The number of hydrogen-bond donors (Lipinski definition) is 3. The van der Waals surface area contributed by atoms with Gasteiger partial charge < -0.3 is 15.6 Å². The summed E-state index contributed by atoms with van der Waals surface area (Å²) in [6.07, 6.45) is 0.765. The number of rotatable bonds is 5. The van der Waals surface area contributed by atoms with E-state index in [1.807, 2.05) is 30.3 Å². The van der Waals surface area contributed by atoms with E-state index in [1.54, 1.807) is 0 Å².